The number of furan rings is 1. The van der Waals surface area contributed by atoms with Crippen molar-refractivity contribution < 1.29 is 4.42 Å². The van der Waals surface area contributed by atoms with Crippen molar-refractivity contribution in [3.63, 3.8) is 0 Å². The number of fused-ring (bicyclic) bond motifs is 6. The smallest absolute Gasteiger partial charge is 0.163 e. The maximum Gasteiger partial charge on any atom is 0.163 e. The van der Waals surface area contributed by atoms with Gasteiger partial charge in [0.1, 0.15) is 23.2 Å². The molecular formula is C45H30N4OS. The lowest BCUT2D eigenvalue weighted by Crippen LogP contribution is -2.33. The van der Waals surface area contributed by atoms with Crippen LogP contribution in [-0.4, -0.2) is 11.7 Å². The molecule has 0 fully saturated rings. The number of nitrogens with zero attached hydrogens (tertiary/aromatic N) is 3. The van der Waals surface area contributed by atoms with Gasteiger partial charge in [0, 0.05) is 32.1 Å². The van der Waals surface area contributed by atoms with Gasteiger partial charge in [-0.3, -0.25) is 0 Å². The summed E-state index contributed by atoms with van der Waals surface area (Å²) in [7, 11) is 0. The number of benzene rings is 7. The van der Waals surface area contributed by atoms with Crippen molar-refractivity contribution in [2.75, 3.05) is 4.90 Å². The Bertz CT molecular complexity index is 2790. The van der Waals surface area contributed by atoms with Crippen LogP contribution in [0.15, 0.2) is 184 Å². The number of amidine groups is 2. The number of hydrogen-bond acceptors (Lipinski definition) is 6. The standard InChI is InChI=1S/C45H30N4OS/c1-4-15-29(16-5-1)43-46-44(30-17-6-2-7-18-30)48-45(47-43)35-27-28-36(40-34-22-10-12-25-38(34)50-41(35)40)49(31-19-8-3-9-20-31)37-24-14-23-33-32-21-11-13-26-39(32)51-42(33)37/h1-28,43H,(H,46,47,48). The highest BCUT2D eigenvalue weighted by Gasteiger charge is 2.27. The molecule has 1 aliphatic rings. The zero-order valence-corrected chi connectivity index (χ0v) is 28.2. The third kappa shape index (κ3) is 4.99. The first-order valence-corrected chi connectivity index (χ1v) is 17.9. The molecule has 10 rings (SSSR count). The van der Waals surface area contributed by atoms with E-state index in [0.717, 1.165) is 61.5 Å². The molecule has 0 aliphatic carbocycles. The Hall–Kier alpha value is -6.50. The second kappa shape index (κ2) is 12.1. The van der Waals surface area contributed by atoms with E-state index in [1.165, 1.54) is 20.2 Å². The molecule has 2 aromatic heterocycles. The van der Waals surface area contributed by atoms with E-state index in [0.29, 0.717) is 5.84 Å². The molecule has 3 heterocycles. The Morgan fingerprint density at radius 2 is 1.27 bits per heavy atom. The molecule has 0 saturated heterocycles. The van der Waals surface area contributed by atoms with Gasteiger partial charge in [0.25, 0.3) is 0 Å². The molecule has 7 aromatic carbocycles. The molecule has 0 radical (unpaired) electrons. The van der Waals surface area contributed by atoms with Crippen LogP contribution in [0.1, 0.15) is 22.9 Å². The monoisotopic (exact) mass is 674 g/mol. The molecule has 1 aliphatic heterocycles. The first kappa shape index (κ1) is 29.4. The van der Waals surface area contributed by atoms with Gasteiger partial charge in [0.15, 0.2) is 5.84 Å². The SMILES string of the molecule is c1ccc(C2=NC(c3ccc(N(c4ccccc4)c4cccc5c4sc4ccccc45)c4c3oc3ccccc34)=NC(c3ccccc3)N2)cc1. The molecule has 6 heteroatoms. The summed E-state index contributed by atoms with van der Waals surface area (Å²) in [6.45, 7) is 0. The van der Waals surface area contributed by atoms with E-state index >= 15 is 0 Å². The fraction of sp³-hybridized carbons (Fsp3) is 0.0222. The fourth-order valence-electron chi connectivity index (χ4n) is 7.18. The summed E-state index contributed by atoms with van der Waals surface area (Å²) >= 11 is 1.83. The van der Waals surface area contributed by atoms with Gasteiger partial charge in [-0.2, -0.15) is 0 Å². The van der Waals surface area contributed by atoms with Crippen LogP contribution < -0.4 is 10.2 Å². The summed E-state index contributed by atoms with van der Waals surface area (Å²) in [5.74, 6) is 1.39. The van der Waals surface area contributed by atoms with Crippen molar-refractivity contribution in [2.24, 2.45) is 9.98 Å². The highest BCUT2D eigenvalue weighted by atomic mass is 32.1. The quantitative estimate of drug-likeness (QED) is 0.191. The third-order valence-corrected chi connectivity index (χ3v) is 10.7. The molecule has 5 nitrogen and oxygen atoms in total. The highest BCUT2D eigenvalue weighted by molar-refractivity contribution is 7.26. The van der Waals surface area contributed by atoms with E-state index in [-0.39, 0.29) is 6.17 Å². The van der Waals surface area contributed by atoms with Crippen LogP contribution >= 0.6 is 11.3 Å². The number of rotatable bonds is 6. The van der Waals surface area contributed by atoms with Crippen LogP contribution in [-0.2, 0) is 0 Å². The lowest BCUT2D eigenvalue weighted by Gasteiger charge is -2.27. The Labute approximate surface area is 298 Å². The lowest BCUT2D eigenvalue weighted by molar-refractivity contribution is 0.663. The van der Waals surface area contributed by atoms with Crippen LogP contribution in [0.3, 0.4) is 0 Å². The van der Waals surface area contributed by atoms with E-state index in [1.807, 2.05) is 59.9 Å². The molecule has 242 valence electrons. The maximum atomic E-state index is 6.82. The fourth-order valence-corrected chi connectivity index (χ4v) is 8.39. The van der Waals surface area contributed by atoms with Gasteiger partial charge >= 0.3 is 0 Å². The van der Waals surface area contributed by atoms with Gasteiger partial charge in [-0.15, -0.1) is 11.3 Å². The minimum absolute atomic E-state index is 0.320. The topological polar surface area (TPSA) is 53.1 Å². The van der Waals surface area contributed by atoms with Crippen LogP contribution in [0, 0.1) is 0 Å². The van der Waals surface area contributed by atoms with Gasteiger partial charge in [0.05, 0.1) is 27.0 Å². The average molecular weight is 675 g/mol. The van der Waals surface area contributed by atoms with Crippen molar-refractivity contribution in [2.45, 2.75) is 6.17 Å². The summed E-state index contributed by atoms with van der Waals surface area (Å²) in [4.78, 5) is 12.8. The first-order valence-electron chi connectivity index (χ1n) is 17.0. The molecule has 51 heavy (non-hydrogen) atoms. The molecular weight excluding hydrogens is 645 g/mol. The van der Waals surface area contributed by atoms with Gasteiger partial charge in [-0.1, -0.05) is 127 Å². The number of thiophene rings is 1. The summed E-state index contributed by atoms with van der Waals surface area (Å²) in [6, 6.07) is 59.0. The predicted molar refractivity (Wildman–Crippen MR) is 213 cm³/mol. The van der Waals surface area contributed by atoms with Gasteiger partial charge in [0.2, 0.25) is 0 Å². The van der Waals surface area contributed by atoms with E-state index in [1.54, 1.807) is 0 Å². The van der Waals surface area contributed by atoms with E-state index < -0.39 is 0 Å². The molecule has 1 unspecified atom stereocenters. The highest BCUT2D eigenvalue weighted by Crippen LogP contribution is 2.48. The van der Waals surface area contributed by atoms with Crippen molar-refractivity contribution in [1.82, 2.24) is 5.32 Å². The number of anilines is 3. The number of nitrogens with one attached hydrogen (secondary N) is 1. The van der Waals surface area contributed by atoms with E-state index in [4.69, 9.17) is 14.4 Å². The second-order valence-corrected chi connectivity index (χ2v) is 13.6. The van der Waals surface area contributed by atoms with Crippen molar-refractivity contribution in [3.8, 4) is 0 Å². The number of hydrogen-bond donors (Lipinski definition) is 1. The minimum atomic E-state index is -0.320. The molecule has 0 saturated carbocycles. The third-order valence-electron chi connectivity index (χ3n) is 9.53. The van der Waals surface area contributed by atoms with E-state index in [9.17, 15) is 0 Å². The normalized spacial score (nSPS) is 14.5. The average Bonchev–Trinajstić information content (AvgIpc) is 3.79. The molecule has 0 bridgehead atoms. The first-order chi connectivity index (χ1) is 25.3. The Kier molecular flexibility index (Phi) is 6.99. The zero-order valence-electron chi connectivity index (χ0n) is 27.4. The molecule has 0 spiro atoms. The Morgan fingerprint density at radius 1 is 0.588 bits per heavy atom. The second-order valence-electron chi connectivity index (χ2n) is 12.6. The van der Waals surface area contributed by atoms with E-state index in [2.05, 4.69) is 132 Å². The largest absolute Gasteiger partial charge is 0.455 e. The van der Waals surface area contributed by atoms with Crippen LogP contribution in [0.2, 0.25) is 0 Å². The van der Waals surface area contributed by atoms with Crippen molar-refractivity contribution >= 4 is 82.2 Å². The Balaban J connectivity index is 1.24. The molecule has 1 atom stereocenters. The molecule has 0 amide bonds. The maximum absolute atomic E-state index is 6.82. The zero-order chi connectivity index (χ0) is 33.7. The summed E-state index contributed by atoms with van der Waals surface area (Å²) in [5.41, 5.74) is 7.67. The van der Waals surface area contributed by atoms with Gasteiger partial charge in [-0.25, -0.2) is 9.98 Å². The van der Waals surface area contributed by atoms with Gasteiger partial charge in [-0.05, 0) is 48.0 Å². The predicted octanol–water partition coefficient (Wildman–Crippen LogP) is 11.9. The van der Waals surface area contributed by atoms with Gasteiger partial charge < -0.3 is 14.6 Å². The lowest BCUT2D eigenvalue weighted by atomic mass is 10.0. The summed E-state index contributed by atoms with van der Waals surface area (Å²) < 4.78 is 9.33. The summed E-state index contributed by atoms with van der Waals surface area (Å²) in [5, 5.41) is 8.15. The minimum Gasteiger partial charge on any atom is -0.455 e. The Morgan fingerprint density at radius 3 is 2.10 bits per heavy atom. The molecule has 9 aromatic rings. The van der Waals surface area contributed by atoms with Crippen molar-refractivity contribution in [1.29, 1.82) is 0 Å². The van der Waals surface area contributed by atoms with Crippen molar-refractivity contribution in [3.05, 3.63) is 187 Å². The van der Waals surface area contributed by atoms with Crippen LogP contribution in [0.5, 0.6) is 0 Å². The van der Waals surface area contributed by atoms with Crippen LogP contribution in [0.25, 0.3) is 42.1 Å². The summed E-state index contributed by atoms with van der Waals surface area (Å²) in [6.07, 6.45) is -0.320. The molecule has 1 N–H and O–H groups in total. The number of para-hydroxylation sites is 2. The number of aliphatic imine (C=N–C) groups is 2. The van der Waals surface area contributed by atoms with Crippen LogP contribution in [0.4, 0.5) is 17.1 Å².